The summed E-state index contributed by atoms with van der Waals surface area (Å²) in [6.45, 7) is 3.06. The molecule has 1 fully saturated rings. The molecule has 0 aromatic rings. The molecule has 0 bridgehead atoms. The minimum atomic E-state index is -4.16. The molecule has 6 heteroatoms. The molecule has 0 spiro atoms. The van der Waals surface area contributed by atoms with Crippen molar-refractivity contribution in [3.63, 3.8) is 0 Å². The van der Waals surface area contributed by atoms with E-state index < -0.39 is 18.0 Å². The van der Waals surface area contributed by atoms with Crippen LogP contribution in [0.4, 0.5) is 13.2 Å². The molecular formula is C13H21BrF3NO. The van der Waals surface area contributed by atoms with Gasteiger partial charge < -0.3 is 4.90 Å². The summed E-state index contributed by atoms with van der Waals surface area (Å²) in [6, 6.07) is 0. The molecule has 0 N–H and O–H groups in total. The van der Waals surface area contributed by atoms with Crippen molar-refractivity contribution in [2.45, 2.75) is 45.2 Å². The van der Waals surface area contributed by atoms with Gasteiger partial charge in [0.15, 0.2) is 0 Å². The average Bonchev–Trinajstić information content (AvgIpc) is 2.38. The molecule has 19 heavy (non-hydrogen) atoms. The molecule has 1 saturated carbocycles. The molecule has 0 aromatic carbocycles. The van der Waals surface area contributed by atoms with Gasteiger partial charge in [-0.1, -0.05) is 22.4 Å². The fourth-order valence-corrected chi connectivity index (χ4v) is 2.90. The van der Waals surface area contributed by atoms with Crippen LogP contribution in [0.25, 0.3) is 0 Å². The summed E-state index contributed by atoms with van der Waals surface area (Å²) in [5.41, 5.74) is 0. The van der Waals surface area contributed by atoms with Crippen LogP contribution in [0.1, 0.15) is 39.0 Å². The van der Waals surface area contributed by atoms with Crippen LogP contribution in [0.3, 0.4) is 0 Å². The van der Waals surface area contributed by atoms with E-state index in [4.69, 9.17) is 0 Å². The highest BCUT2D eigenvalue weighted by atomic mass is 79.9. The summed E-state index contributed by atoms with van der Waals surface area (Å²) in [6.07, 6.45) is -2.11. The standard InChI is InChI=1S/C13H21BrF3NO/c1-2-18(8-4-7-14)12(19)10-5-3-6-11(9-10)13(15,16)17/h10-11H,2-9H2,1H3. The van der Waals surface area contributed by atoms with Gasteiger partial charge in [-0.05, 0) is 32.6 Å². The van der Waals surface area contributed by atoms with Crippen LogP contribution in [0.5, 0.6) is 0 Å². The van der Waals surface area contributed by atoms with Crippen molar-refractivity contribution < 1.29 is 18.0 Å². The first-order valence-corrected chi connectivity index (χ1v) is 7.93. The normalized spacial score (nSPS) is 24.3. The van der Waals surface area contributed by atoms with Gasteiger partial charge in [-0.25, -0.2) is 0 Å². The van der Waals surface area contributed by atoms with Gasteiger partial charge in [0.1, 0.15) is 0 Å². The molecule has 2 atom stereocenters. The summed E-state index contributed by atoms with van der Waals surface area (Å²) in [4.78, 5) is 13.9. The van der Waals surface area contributed by atoms with Crippen molar-refractivity contribution in [2.24, 2.45) is 11.8 Å². The Labute approximate surface area is 120 Å². The monoisotopic (exact) mass is 343 g/mol. The zero-order valence-electron chi connectivity index (χ0n) is 11.2. The van der Waals surface area contributed by atoms with Crippen molar-refractivity contribution in [1.82, 2.24) is 4.90 Å². The zero-order valence-corrected chi connectivity index (χ0v) is 12.8. The van der Waals surface area contributed by atoms with Crippen molar-refractivity contribution in [2.75, 3.05) is 18.4 Å². The highest BCUT2D eigenvalue weighted by molar-refractivity contribution is 9.09. The number of nitrogens with zero attached hydrogens (tertiary/aromatic N) is 1. The van der Waals surface area contributed by atoms with E-state index in [0.29, 0.717) is 25.9 Å². The number of alkyl halides is 4. The second kappa shape index (κ2) is 7.50. The number of hydrogen-bond acceptors (Lipinski definition) is 1. The van der Waals surface area contributed by atoms with E-state index in [2.05, 4.69) is 15.9 Å². The quantitative estimate of drug-likeness (QED) is 0.691. The topological polar surface area (TPSA) is 20.3 Å². The molecule has 1 amide bonds. The Morgan fingerprint density at radius 2 is 2.05 bits per heavy atom. The minimum absolute atomic E-state index is 0.0346. The molecule has 1 aliphatic carbocycles. The highest BCUT2D eigenvalue weighted by Crippen LogP contribution is 2.40. The number of carbonyl (C=O) groups excluding carboxylic acids is 1. The van der Waals surface area contributed by atoms with Gasteiger partial charge in [0.2, 0.25) is 5.91 Å². The summed E-state index contributed by atoms with van der Waals surface area (Å²) in [5, 5.41) is 0.798. The van der Waals surface area contributed by atoms with E-state index in [9.17, 15) is 18.0 Å². The Bertz CT molecular complexity index is 296. The number of rotatable bonds is 5. The lowest BCUT2D eigenvalue weighted by Crippen LogP contribution is -2.40. The van der Waals surface area contributed by atoms with Gasteiger partial charge in [-0.15, -0.1) is 0 Å². The Morgan fingerprint density at radius 1 is 1.37 bits per heavy atom. The first-order valence-electron chi connectivity index (χ1n) is 6.81. The summed E-state index contributed by atoms with van der Waals surface area (Å²) < 4.78 is 38.2. The molecule has 0 aromatic heterocycles. The van der Waals surface area contributed by atoms with Gasteiger partial charge in [-0.3, -0.25) is 4.79 Å². The number of carbonyl (C=O) groups is 1. The number of halogens is 4. The predicted molar refractivity (Wildman–Crippen MR) is 72.2 cm³/mol. The van der Waals surface area contributed by atoms with Crippen molar-refractivity contribution >= 4 is 21.8 Å². The fraction of sp³-hybridized carbons (Fsp3) is 0.923. The van der Waals surface area contributed by atoms with Gasteiger partial charge in [0.25, 0.3) is 0 Å². The highest BCUT2D eigenvalue weighted by Gasteiger charge is 2.44. The maximum Gasteiger partial charge on any atom is 0.391 e. The van der Waals surface area contributed by atoms with Crippen molar-refractivity contribution in [3.05, 3.63) is 0 Å². The first-order chi connectivity index (χ1) is 8.90. The second-order valence-electron chi connectivity index (χ2n) is 5.06. The minimum Gasteiger partial charge on any atom is -0.343 e. The maximum atomic E-state index is 12.7. The van der Waals surface area contributed by atoms with Crippen LogP contribution in [0.15, 0.2) is 0 Å². The molecule has 2 unspecified atom stereocenters. The van der Waals surface area contributed by atoms with E-state index in [-0.39, 0.29) is 18.7 Å². The lowest BCUT2D eigenvalue weighted by Gasteiger charge is -2.33. The Kier molecular flexibility index (Phi) is 6.63. The van der Waals surface area contributed by atoms with Crippen molar-refractivity contribution in [3.8, 4) is 0 Å². The molecule has 0 aliphatic heterocycles. The van der Waals surface area contributed by atoms with Gasteiger partial charge >= 0.3 is 6.18 Å². The van der Waals surface area contributed by atoms with Gasteiger partial charge in [0.05, 0.1) is 5.92 Å². The number of amides is 1. The van der Waals surface area contributed by atoms with E-state index in [1.54, 1.807) is 4.90 Å². The Hall–Kier alpha value is -0.260. The van der Waals surface area contributed by atoms with Crippen LogP contribution in [-0.4, -0.2) is 35.4 Å². The SMILES string of the molecule is CCN(CCCBr)C(=O)C1CCCC(C(F)(F)F)C1. The zero-order chi connectivity index (χ0) is 14.5. The number of hydrogen-bond donors (Lipinski definition) is 0. The van der Waals surface area contributed by atoms with Gasteiger partial charge in [-0.2, -0.15) is 13.2 Å². The lowest BCUT2D eigenvalue weighted by atomic mass is 9.80. The van der Waals surface area contributed by atoms with Crippen LogP contribution >= 0.6 is 15.9 Å². The van der Waals surface area contributed by atoms with Crippen LogP contribution in [-0.2, 0) is 4.79 Å². The third kappa shape index (κ3) is 4.97. The molecular weight excluding hydrogens is 323 g/mol. The van der Waals surface area contributed by atoms with Crippen LogP contribution < -0.4 is 0 Å². The van der Waals surface area contributed by atoms with E-state index >= 15 is 0 Å². The van der Waals surface area contributed by atoms with Crippen molar-refractivity contribution in [1.29, 1.82) is 0 Å². The Balaban J connectivity index is 2.60. The molecule has 0 heterocycles. The summed E-state index contributed by atoms with van der Waals surface area (Å²) >= 11 is 3.30. The molecule has 0 saturated heterocycles. The summed E-state index contributed by atoms with van der Waals surface area (Å²) in [7, 11) is 0. The van der Waals surface area contributed by atoms with E-state index in [1.165, 1.54) is 0 Å². The molecule has 0 radical (unpaired) electrons. The van der Waals surface area contributed by atoms with E-state index in [1.807, 2.05) is 6.92 Å². The van der Waals surface area contributed by atoms with Gasteiger partial charge in [0, 0.05) is 24.3 Å². The van der Waals surface area contributed by atoms with E-state index in [0.717, 1.165) is 11.8 Å². The first kappa shape index (κ1) is 16.8. The maximum absolute atomic E-state index is 12.7. The summed E-state index contributed by atoms with van der Waals surface area (Å²) in [5.74, 6) is -1.85. The second-order valence-corrected chi connectivity index (χ2v) is 5.86. The molecule has 112 valence electrons. The third-order valence-electron chi connectivity index (χ3n) is 3.74. The van der Waals surface area contributed by atoms with Crippen LogP contribution in [0, 0.1) is 11.8 Å². The average molecular weight is 344 g/mol. The molecule has 1 rings (SSSR count). The predicted octanol–water partition coefficient (Wildman–Crippen LogP) is 3.99. The van der Waals surface area contributed by atoms with Crippen LogP contribution in [0.2, 0.25) is 0 Å². The third-order valence-corrected chi connectivity index (χ3v) is 4.30. The molecule has 1 aliphatic rings. The molecule has 2 nitrogen and oxygen atoms in total. The fourth-order valence-electron chi connectivity index (χ4n) is 2.64. The Morgan fingerprint density at radius 3 is 2.58 bits per heavy atom. The largest absolute Gasteiger partial charge is 0.391 e. The lowest BCUT2D eigenvalue weighted by molar-refractivity contribution is -0.187. The smallest absolute Gasteiger partial charge is 0.343 e.